The zero-order chi connectivity index (χ0) is 16.3. The topological polar surface area (TPSA) is 64.6 Å². The smallest absolute Gasteiger partial charge is 0.263 e. The minimum Gasteiger partial charge on any atom is -0.497 e. The molecule has 0 radical (unpaired) electrons. The normalized spacial score (nSPS) is 11.1. The Hall–Kier alpha value is -1.92. The monoisotopic (exact) mass is 341 g/mol. The van der Waals surface area contributed by atoms with Crippen LogP contribution in [0.2, 0.25) is 5.02 Å². The SMILES string of the molecule is COc1ccc(S(=O)(=O)Nc2cc(C)ccc2OC)c(Cl)c1. The molecular formula is C15H16ClNO4S. The summed E-state index contributed by atoms with van der Waals surface area (Å²) < 4.78 is 37.7. The van der Waals surface area contributed by atoms with Crippen LogP contribution in [-0.4, -0.2) is 22.6 Å². The molecule has 0 saturated carbocycles. The summed E-state index contributed by atoms with van der Waals surface area (Å²) in [5.41, 5.74) is 1.26. The molecule has 7 heteroatoms. The average molecular weight is 342 g/mol. The average Bonchev–Trinajstić information content (AvgIpc) is 2.46. The Balaban J connectivity index is 2.42. The van der Waals surface area contributed by atoms with E-state index in [1.165, 1.54) is 32.4 Å². The van der Waals surface area contributed by atoms with Crippen molar-refractivity contribution in [3.8, 4) is 11.5 Å². The van der Waals surface area contributed by atoms with Crippen LogP contribution in [0.3, 0.4) is 0 Å². The molecule has 0 aliphatic carbocycles. The van der Waals surface area contributed by atoms with Crippen LogP contribution < -0.4 is 14.2 Å². The molecule has 5 nitrogen and oxygen atoms in total. The van der Waals surface area contributed by atoms with E-state index in [0.29, 0.717) is 17.2 Å². The lowest BCUT2D eigenvalue weighted by Gasteiger charge is -2.13. The van der Waals surface area contributed by atoms with Gasteiger partial charge in [-0.25, -0.2) is 8.42 Å². The number of sulfonamides is 1. The third kappa shape index (κ3) is 3.45. The molecule has 22 heavy (non-hydrogen) atoms. The molecule has 0 heterocycles. The summed E-state index contributed by atoms with van der Waals surface area (Å²) in [5.74, 6) is 0.913. The van der Waals surface area contributed by atoms with Gasteiger partial charge in [0.1, 0.15) is 16.4 Å². The molecule has 0 aromatic heterocycles. The lowest BCUT2D eigenvalue weighted by Crippen LogP contribution is -2.14. The van der Waals surface area contributed by atoms with Crippen LogP contribution in [0, 0.1) is 6.92 Å². The predicted molar refractivity (Wildman–Crippen MR) is 86.5 cm³/mol. The molecular weight excluding hydrogens is 326 g/mol. The number of ether oxygens (including phenoxy) is 2. The summed E-state index contributed by atoms with van der Waals surface area (Å²) >= 11 is 6.03. The lowest BCUT2D eigenvalue weighted by molar-refractivity contribution is 0.414. The van der Waals surface area contributed by atoms with E-state index < -0.39 is 10.0 Å². The molecule has 2 rings (SSSR count). The number of benzene rings is 2. The van der Waals surface area contributed by atoms with Gasteiger partial charge in [0.25, 0.3) is 10.0 Å². The molecule has 0 aliphatic heterocycles. The second-order valence-corrected chi connectivity index (χ2v) is 6.66. The van der Waals surface area contributed by atoms with Gasteiger partial charge in [0, 0.05) is 6.07 Å². The van der Waals surface area contributed by atoms with Gasteiger partial charge in [-0.1, -0.05) is 17.7 Å². The lowest BCUT2D eigenvalue weighted by atomic mass is 10.2. The summed E-state index contributed by atoms with van der Waals surface area (Å²) in [6.45, 7) is 1.86. The Morgan fingerprint density at radius 2 is 1.77 bits per heavy atom. The minimum absolute atomic E-state index is 0.0291. The Kier molecular flexibility index (Phi) is 4.83. The van der Waals surface area contributed by atoms with E-state index in [2.05, 4.69) is 4.72 Å². The van der Waals surface area contributed by atoms with Gasteiger partial charge in [0.05, 0.1) is 24.9 Å². The van der Waals surface area contributed by atoms with Crippen molar-refractivity contribution in [3.05, 3.63) is 47.0 Å². The van der Waals surface area contributed by atoms with Crippen LogP contribution in [0.1, 0.15) is 5.56 Å². The summed E-state index contributed by atoms with van der Waals surface area (Å²) in [4.78, 5) is -0.0291. The highest BCUT2D eigenvalue weighted by atomic mass is 35.5. The molecule has 1 N–H and O–H groups in total. The second-order valence-electron chi connectivity index (χ2n) is 4.61. The molecule has 0 unspecified atom stereocenters. The van der Waals surface area contributed by atoms with Gasteiger partial charge in [0.15, 0.2) is 0 Å². The first-order valence-electron chi connectivity index (χ1n) is 6.38. The maximum atomic E-state index is 12.5. The van der Waals surface area contributed by atoms with E-state index in [1.807, 2.05) is 13.0 Å². The van der Waals surface area contributed by atoms with Crippen molar-refractivity contribution in [3.63, 3.8) is 0 Å². The maximum absolute atomic E-state index is 12.5. The Labute approximate surface area is 134 Å². The van der Waals surface area contributed by atoms with E-state index >= 15 is 0 Å². The molecule has 2 aromatic rings. The van der Waals surface area contributed by atoms with E-state index in [4.69, 9.17) is 21.1 Å². The molecule has 2 aromatic carbocycles. The molecule has 0 fully saturated rings. The van der Waals surface area contributed by atoms with Crippen molar-refractivity contribution >= 4 is 27.3 Å². The number of aryl methyl sites for hydroxylation is 1. The third-order valence-corrected chi connectivity index (χ3v) is 4.88. The van der Waals surface area contributed by atoms with Crippen molar-refractivity contribution in [2.45, 2.75) is 11.8 Å². The quantitative estimate of drug-likeness (QED) is 0.904. The Morgan fingerprint density at radius 3 is 2.36 bits per heavy atom. The highest BCUT2D eigenvalue weighted by Gasteiger charge is 2.20. The van der Waals surface area contributed by atoms with E-state index in [1.54, 1.807) is 12.1 Å². The number of rotatable bonds is 5. The molecule has 0 spiro atoms. The summed E-state index contributed by atoms with van der Waals surface area (Å²) in [7, 11) is -0.879. The fourth-order valence-corrected chi connectivity index (χ4v) is 3.52. The highest BCUT2D eigenvalue weighted by molar-refractivity contribution is 7.92. The molecule has 0 bridgehead atoms. The van der Waals surface area contributed by atoms with Crippen molar-refractivity contribution in [1.82, 2.24) is 0 Å². The predicted octanol–water partition coefficient (Wildman–Crippen LogP) is 3.47. The van der Waals surface area contributed by atoms with E-state index in [0.717, 1.165) is 5.56 Å². The second kappa shape index (κ2) is 6.46. The van der Waals surface area contributed by atoms with Gasteiger partial charge in [-0.05, 0) is 36.8 Å². The van der Waals surface area contributed by atoms with E-state index in [9.17, 15) is 8.42 Å². The summed E-state index contributed by atoms with van der Waals surface area (Å²) in [6.07, 6.45) is 0. The van der Waals surface area contributed by atoms with E-state index in [-0.39, 0.29) is 9.92 Å². The van der Waals surface area contributed by atoms with Gasteiger partial charge in [-0.3, -0.25) is 4.72 Å². The Bertz CT molecular complexity index is 790. The highest BCUT2D eigenvalue weighted by Crippen LogP contribution is 2.31. The van der Waals surface area contributed by atoms with Crippen LogP contribution in [0.5, 0.6) is 11.5 Å². The fraction of sp³-hybridized carbons (Fsp3) is 0.200. The number of anilines is 1. The van der Waals surface area contributed by atoms with Gasteiger partial charge in [-0.15, -0.1) is 0 Å². The fourth-order valence-electron chi connectivity index (χ4n) is 1.93. The van der Waals surface area contributed by atoms with Crippen molar-refractivity contribution in [1.29, 1.82) is 0 Å². The number of hydrogen-bond acceptors (Lipinski definition) is 4. The van der Waals surface area contributed by atoms with Crippen LogP contribution in [-0.2, 0) is 10.0 Å². The third-order valence-electron chi connectivity index (χ3n) is 3.03. The molecule has 0 saturated heterocycles. The number of nitrogens with one attached hydrogen (secondary N) is 1. The minimum atomic E-state index is -3.84. The molecule has 0 atom stereocenters. The first-order valence-corrected chi connectivity index (χ1v) is 8.24. The standard InChI is InChI=1S/C15H16ClNO4S/c1-10-4-6-14(21-3)13(8-10)17-22(18,19)15-7-5-11(20-2)9-12(15)16/h4-9,17H,1-3H3. The number of methoxy groups -OCH3 is 2. The molecule has 0 aliphatic rings. The first-order chi connectivity index (χ1) is 10.4. The summed E-state index contributed by atoms with van der Waals surface area (Å²) in [5, 5.41) is 0.0819. The van der Waals surface area contributed by atoms with Crippen molar-refractivity contribution < 1.29 is 17.9 Å². The van der Waals surface area contributed by atoms with Gasteiger partial charge >= 0.3 is 0 Å². The van der Waals surface area contributed by atoms with Crippen molar-refractivity contribution in [2.24, 2.45) is 0 Å². The first kappa shape index (κ1) is 16.5. The molecule has 118 valence electrons. The Morgan fingerprint density at radius 1 is 1.05 bits per heavy atom. The van der Waals surface area contributed by atoms with Crippen molar-refractivity contribution in [2.75, 3.05) is 18.9 Å². The summed E-state index contributed by atoms with van der Waals surface area (Å²) in [6, 6.07) is 9.59. The number of hydrogen-bond donors (Lipinski definition) is 1. The van der Waals surface area contributed by atoms with Gasteiger partial charge in [0.2, 0.25) is 0 Å². The van der Waals surface area contributed by atoms with Gasteiger partial charge < -0.3 is 9.47 Å². The van der Waals surface area contributed by atoms with Crippen LogP contribution in [0.15, 0.2) is 41.3 Å². The van der Waals surface area contributed by atoms with Gasteiger partial charge in [-0.2, -0.15) is 0 Å². The molecule has 0 amide bonds. The zero-order valence-corrected chi connectivity index (χ0v) is 14.0. The zero-order valence-electron chi connectivity index (χ0n) is 12.4. The van der Waals surface area contributed by atoms with Crippen LogP contribution >= 0.6 is 11.6 Å². The maximum Gasteiger partial charge on any atom is 0.263 e. The largest absolute Gasteiger partial charge is 0.497 e. The van der Waals surface area contributed by atoms with Crippen LogP contribution in [0.4, 0.5) is 5.69 Å². The van der Waals surface area contributed by atoms with Crippen LogP contribution in [0.25, 0.3) is 0 Å². The number of halogens is 1.